The van der Waals surface area contributed by atoms with Crippen LogP contribution >= 0.6 is 0 Å². The number of rotatable bonds is 5. The molecule has 3 N–H and O–H groups in total. The number of sulfone groups is 1. The minimum Gasteiger partial charge on any atom is -0.495 e. The molecule has 3 heterocycles. The Morgan fingerprint density at radius 2 is 1.91 bits per heavy atom. The van der Waals surface area contributed by atoms with E-state index in [0.29, 0.717) is 16.7 Å². The Labute approximate surface area is 194 Å². The van der Waals surface area contributed by atoms with Crippen LogP contribution in [0, 0.1) is 5.82 Å². The highest BCUT2D eigenvalue weighted by molar-refractivity contribution is 7.93. The fourth-order valence-electron chi connectivity index (χ4n) is 3.69. The summed E-state index contributed by atoms with van der Waals surface area (Å²) >= 11 is 0. The topological polar surface area (TPSA) is 120 Å². The van der Waals surface area contributed by atoms with Gasteiger partial charge in [0.2, 0.25) is 0 Å². The lowest BCUT2D eigenvalue weighted by molar-refractivity contribution is 0.0622. The van der Waals surface area contributed by atoms with E-state index >= 15 is 0 Å². The van der Waals surface area contributed by atoms with Crippen LogP contribution in [0.3, 0.4) is 0 Å². The minimum atomic E-state index is -4.19. The van der Waals surface area contributed by atoms with Crippen LogP contribution in [0.15, 0.2) is 47.7 Å². The standard InChI is InChI=1S/C22H22F3N5O3S/c1-21(2)20(26)30-22(19(24)25,11-34(21,31)32)15-9-13(4-5-16(15)23)29-18-17-12(6-7-27-18)8-14(33-3)10-28-17/h4-10,19H,11H2,1-3H3,(H2,26,30)(H,27,29)/t22-/m1/s1. The lowest BCUT2D eigenvalue weighted by Gasteiger charge is -2.39. The molecule has 1 aromatic carbocycles. The predicted molar refractivity (Wildman–Crippen MR) is 123 cm³/mol. The van der Waals surface area contributed by atoms with E-state index < -0.39 is 49.5 Å². The number of aromatic nitrogens is 2. The molecule has 0 aliphatic carbocycles. The Morgan fingerprint density at radius 1 is 1.18 bits per heavy atom. The average molecular weight is 494 g/mol. The quantitative estimate of drug-likeness (QED) is 0.558. The van der Waals surface area contributed by atoms with E-state index in [-0.39, 0.29) is 11.5 Å². The van der Waals surface area contributed by atoms with Crippen LogP contribution in [0.1, 0.15) is 19.4 Å². The minimum absolute atomic E-state index is 0.185. The lowest BCUT2D eigenvalue weighted by Crippen LogP contribution is -2.57. The summed E-state index contributed by atoms with van der Waals surface area (Å²) in [6, 6.07) is 6.82. The van der Waals surface area contributed by atoms with Gasteiger partial charge in [-0.15, -0.1) is 0 Å². The SMILES string of the molecule is COc1cnc2c(Nc3ccc(F)c([C@@]4(C(F)F)CS(=O)(=O)C(C)(C)C(N)=N4)c3)nccc2c1. The van der Waals surface area contributed by atoms with Crippen molar-refractivity contribution in [1.82, 2.24) is 9.97 Å². The van der Waals surface area contributed by atoms with Gasteiger partial charge in [0, 0.05) is 22.8 Å². The van der Waals surface area contributed by atoms with Crippen LogP contribution in [0.2, 0.25) is 0 Å². The van der Waals surface area contributed by atoms with Crippen molar-refractivity contribution < 1.29 is 26.3 Å². The highest BCUT2D eigenvalue weighted by Gasteiger charge is 2.56. The normalized spacial score (nSPS) is 21.3. The maximum Gasteiger partial charge on any atom is 0.268 e. The fourth-order valence-corrected chi connectivity index (χ4v) is 5.34. The number of hydrogen-bond donors (Lipinski definition) is 2. The fraction of sp³-hybridized carbons (Fsp3) is 0.318. The summed E-state index contributed by atoms with van der Waals surface area (Å²) in [4.78, 5) is 12.4. The van der Waals surface area contributed by atoms with Crippen LogP contribution in [-0.2, 0) is 15.4 Å². The lowest BCUT2D eigenvalue weighted by atomic mass is 9.91. The molecule has 0 spiro atoms. The summed E-state index contributed by atoms with van der Waals surface area (Å²) in [5, 5.41) is 3.64. The first-order chi connectivity index (χ1) is 15.9. The summed E-state index contributed by atoms with van der Waals surface area (Å²) in [7, 11) is -2.69. The second kappa shape index (κ2) is 8.12. The first-order valence-electron chi connectivity index (χ1n) is 10.1. The summed E-state index contributed by atoms with van der Waals surface area (Å²) in [5.41, 5.74) is 3.16. The van der Waals surface area contributed by atoms with Gasteiger partial charge in [-0.05, 0) is 44.2 Å². The molecule has 0 saturated carbocycles. The van der Waals surface area contributed by atoms with Gasteiger partial charge in [0.15, 0.2) is 21.2 Å². The second-order valence-electron chi connectivity index (χ2n) is 8.42. The van der Waals surface area contributed by atoms with Crippen molar-refractivity contribution in [3.63, 3.8) is 0 Å². The van der Waals surface area contributed by atoms with Crippen LogP contribution in [0.5, 0.6) is 5.75 Å². The molecule has 0 radical (unpaired) electrons. The molecule has 2 aromatic heterocycles. The summed E-state index contributed by atoms with van der Waals surface area (Å²) in [6.45, 7) is 2.55. The van der Waals surface area contributed by atoms with Crippen molar-refractivity contribution in [3.8, 4) is 5.75 Å². The number of ether oxygens (including phenoxy) is 1. The van der Waals surface area contributed by atoms with Gasteiger partial charge in [-0.3, -0.25) is 4.99 Å². The molecular weight excluding hydrogens is 471 g/mol. The zero-order chi connectivity index (χ0) is 24.9. The Hall–Kier alpha value is -3.41. The van der Waals surface area contributed by atoms with Crippen molar-refractivity contribution in [2.75, 3.05) is 18.2 Å². The second-order valence-corrected chi connectivity index (χ2v) is 11.0. The number of nitrogens with two attached hydrogens (primary N) is 1. The Morgan fingerprint density at radius 3 is 2.56 bits per heavy atom. The molecular formula is C22H22F3N5O3S. The Balaban J connectivity index is 1.83. The predicted octanol–water partition coefficient (Wildman–Crippen LogP) is 3.55. The van der Waals surface area contributed by atoms with Gasteiger partial charge < -0.3 is 15.8 Å². The molecule has 1 atom stereocenters. The van der Waals surface area contributed by atoms with E-state index in [2.05, 4.69) is 20.3 Å². The maximum absolute atomic E-state index is 14.9. The van der Waals surface area contributed by atoms with Gasteiger partial charge in [0.05, 0.1) is 19.1 Å². The molecule has 4 rings (SSSR count). The van der Waals surface area contributed by atoms with Gasteiger partial charge in [-0.2, -0.15) is 0 Å². The number of aliphatic imine (C=N–C) groups is 1. The smallest absolute Gasteiger partial charge is 0.268 e. The number of anilines is 2. The molecule has 1 aliphatic heterocycles. The van der Waals surface area contributed by atoms with E-state index in [1.165, 1.54) is 39.4 Å². The highest BCUT2D eigenvalue weighted by Crippen LogP contribution is 2.43. The van der Waals surface area contributed by atoms with E-state index in [0.717, 1.165) is 12.1 Å². The molecule has 12 heteroatoms. The Kier molecular flexibility index (Phi) is 5.67. The molecule has 3 aromatic rings. The van der Waals surface area contributed by atoms with Crippen molar-refractivity contribution in [1.29, 1.82) is 0 Å². The largest absolute Gasteiger partial charge is 0.495 e. The zero-order valence-electron chi connectivity index (χ0n) is 18.5. The molecule has 180 valence electrons. The Bertz CT molecular complexity index is 1410. The van der Waals surface area contributed by atoms with Gasteiger partial charge in [-0.25, -0.2) is 31.6 Å². The maximum atomic E-state index is 14.9. The number of alkyl halides is 2. The van der Waals surface area contributed by atoms with Gasteiger partial charge in [0.1, 0.15) is 27.7 Å². The molecule has 0 fully saturated rings. The summed E-state index contributed by atoms with van der Waals surface area (Å²) in [5.74, 6) is -1.83. The number of nitrogens with one attached hydrogen (secondary N) is 1. The third-order valence-corrected chi connectivity index (χ3v) is 8.58. The van der Waals surface area contributed by atoms with Crippen molar-refractivity contribution in [3.05, 3.63) is 54.1 Å². The number of halogens is 3. The van der Waals surface area contributed by atoms with Crippen LogP contribution in [0.4, 0.5) is 24.7 Å². The zero-order valence-corrected chi connectivity index (χ0v) is 19.3. The molecule has 34 heavy (non-hydrogen) atoms. The molecule has 1 aliphatic rings. The summed E-state index contributed by atoms with van der Waals surface area (Å²) in [6.07, 6.45) is -0.340. The van der Waals surface area contributed by atoms with E-state index in [9.17, 15) is 21.6 Å². The number of hydrogen-bond acceptors (Lipinski definition) is 8. The van der Waals surface area contributed by atoms with Crippen molar-refractivity contribution in [2.45, 2.75) is 30.6 Å². The molecule has 0 bridgehead atoms. The number of amidine groups is 1. The van der Waals surface area contributed by atoms with Crippen molar-refractivity contribution >= 4 is 38.1 Å². The number of benzene rings is 1. The number of nitrogens with zero attached hydrogens (tertiary/aromatic N) is 3. The van der Waals surface area contributed by atoms with Gasteiger partial charge in [-0.1, -0.05) is 0 Å². The van der Waals surface area contributed by atoms with Gasteiger partial charge >= 0.3 is 0 Å². The third kappa shape index (κ3) is 3.71. The highest BCUT2D eigenvalue weighted by atomic mass is 32.2. The van der Waals surface area contributed by atoms with E-state index in [1.807, 2.05) is 0 Å². The third-order valence-electron chi connectivity index (χ3n) is 5.99. The molecule has 8 nitrogen and oxygen atoms in total. The van der Waals surface area contributed by atoms with Crippen LogP contribution in [0.25, 0.3) is 10.9 Å². The first kappa shape index (κ1) is 23.7. The average Bonchev–Trinajstić information content (AvgIpc) is 2.78. The number of pyridine rings is 2. The molecule has 0 saturated heterocycles. The van der Waals surface area contributed by atoms with Gasteiger partial charge in [0.25, 0.3) is 6.43 Å². The number of methoxy groups -OCH3 is 1. The van der Waals surface area contributed by atoms with Crippen LogP contribution in [-0.4, -0.2) is 48.3 Å². The summed E-state index contributed by atoms with van der Waals surface area (Å²) < 4.78 is 72.9. The van der Waals surface area contributed by atoms with Crippen molar-refractivity contribution in [2.24, 2.45) is 10.7 Å². The number of fused-ring (bicyclic) bond motifs is 1. The monoisotopic (exact) mass is 493 g/mol. The molecule has 0 amide bonds. The van der Waals surface area contributed by atoms with E-state index in [1.54, 1.807) is 12.1 Å². The first-order valence-corrected chi connectivity index (χ1v) is 11.8. The molecule has 0 unspecified atom stereocenters. The van der Waals surface area contributed by atoms with Crippen LogP contribution < -0.4 is 15.8 Å². The van der Waals surface area contributed by atoms with E-state index in [4.69, 9.17) is 10.5 Å².